The van der Waals surface area contributed by atoms with Crippen LogP contribution in [0.15, 0.2) is 18.2 Å². The zero-order chi connectivity index (χ0) is 13.0. The Bertz CT molecular complexity index is 364. The lowest BCUT2D eigenvalue weighted by Gasteiger charge is -2.35. The van der Waals surface area contributed by atoms with E-state index >= 15 is 0 Å². The maximum atomic E-state index is 5.09. The standard InChI is InChI=1S/C15H24N2O/c1-12-4-3-5-13(2)15(12)17-9-6-14(7-10-17)8-11-18-16/h3-5,14H,6-11,16H2,1-2H3. The van der Waals surface area contributed by atoms with Gasteiger partial charge in [-0.1, -0.05) is 18.2 Å². The smallest absolute Gasteiger partial charge is 0.0681 e. The van der Waals surface area contributed by atoms with Crippen LogP contribution in [0.25, 0.3) is 0 Å². The Balaban J connectivity index is 1.97. The highest BCUT2D eigenvalue weighted by Gasteiger charge is 2.21. The van der Waals surface area contributed by atoms with Crippen LogP contribution in [0, 0.1) is 19.8 Å². The predicted octanol–water partition coefficient (Wildman–Crippen LogP) is 2.80. The highest BCUT2D eigenvalue weighted by molar-refractivity contribution is 5.59. The van der Waals surface area contributed by atoms with Gasteiger partial charge in [-0.25, -0.2) is 5.90 Å². The van der Waals surface area contributed by atoms with E-state index in [0.717, 1.165) is 25.4 Å². The van der Waals surface area contributed by atoms with E-state index in [-0.39, 0.29) is 0 Å². The van der Waals surface area contributed by atoms with Gasteiger partial charge < -0.3 is 9.74 Å². The molecule has 0 radical (unpaired) electrons. The molecule has 1 aromatic rings. The van der Waals surface area contributed by atoms with Crippen LogP contribution in [0.1, 0.15) is 30.4 Å². The van der Waals surface area contributed by atoms with Crippen LogP contribution in [-0.2, 0) is 4.84 Å². The Hall–Kier alpha value is -1.06. The van der Waals surface area contributed by atoms with Crippen LogP contribution in [0.4, 0.5) is 5.69 Å². The Morgan fingerprint density at radius 3 is 2.39 bits per heavy atom. The number of nitrogens with two attached hydrogens (primary N) is 1. The fraction of sp³-hybridized carbons (Fsp3) is 0.600. The topological polar surface area (TPSA) is 38.5 Å². The fourth-order valence-electron chi connectivity index (χ4n) is 2.98. The number of rotatable bonds is 4. The normalized spacial score (nSPS) is 17.2. The summed E-state index contributed by atoms with van der Waals surface area (Å²) in [6.45, 7) is 7.41. The van der Waals surface area contributed by atoms with Gasteiger partial charge in [0.2, 0.25) is 0 Å². The second-order valence-electron chi connectivity index (χ2n) is 5.33. The number of piperidine rings is 1. The summed E-state index contributed by atoms with van der Waals surface area (Å²) in [6, 6.07) is 6.55. The molecule has 0 bridgehead atoms. The van der Waals surface area contributed by atoms with Crippen LogP contribution in [0.5, 0.6) is 0 Å². The lowest BCUT2D eigenvalue weighted by molar-refractivity contribution is 0.118. The van der Waals surface area contributed by atoms with E-state index in [1.54, 1.807) is 0 Å². The molecule has 2 rings (SSSR count). The molecule has 100 valence electrons. The van der Waals surface area contributed by atoms with Gasteiger partial charge in [0.1, 0.15) is 0 Å². The Morgan fingerprint density at radius 1 is 1.22 bits per heavy atom. The lowest BCUT2D eigenvalue weighted by atomic mass is 9.93. The summed E-state index contributed by atoms with van der Waals surface area (Å²) < 4.78 is 0. The lowest BCUT2D eigenvalue weighted by Crippen LogP contribution is -2.35. The van der Waals surface area contributed by atoms with E-state index in [1.165, 1.54) is 29.7 Å². The third-order valence-electron chi connectivity index (χ3n) is 4.01. The van der Waals surface area contributed by atoms with E-state index in [0.29, 0.717) is 6.61 Å². The molecule has 0 atom stereocenters. The first-order valence-corrected chi connectivity index (χ1v) is 6.85. The highest BCUT2D eigenvalue weighted by atomic mass is 16.6. The van der Waals surface area contributed by atoms with Crippen molar-refractivity contribution in [1.82, 2.24) is 0 Å². The van der Waals surface area contributed by atoms with E-state index in [2.05, 4.69) is 41.8 Å². The van der Waals surface area contributed by atoms with Gasteiger partial charge in [0.15, 0.2) is 0 Å². The Kier molecular flexibility index (Phi) is 4.61. The van der Waals surface area contributed by atoms with Crippen molar-refractivity contribution in [2.24, 2.45) is 11.8 Å². The quantitative estimate of drug-likeness (QED) is 0.833. The predicted molar refractivity (Wildman–Crippen MR) is 75.6 cm³/mol. The van der Waals surface area contributed by atoms with Gasteiger partial charge in [-0.15, -0.1) is 0 Å². The number of nitrogens with zero attached hydrogens (tertiary/aromatic N) is 1. The van der Waals surface area contributed by atoms with Gasteiger partial charge in [0.05, 0.1) is 6.61 Å². The number of para-hydroxylation sites is 1. The molecule has 18 heavy (non-hydrogen) atoms. The summed E-state index contributed by atoms with van der Waals surface area (Å²) in [6.07, 6.45) is 3.59. The van der Waals surface area contributed by atoms with Crippen molar-refractivity contribution < 1.29 is 4.84 Å². The molecule has 1 aliphatic rings. The summed E-state index contributed by atoms with van der Waals surface area (Å²) in [5.74, 6) is 5.87. The molecule has 2 N–H and O–H groups in total. The minimum atomic E-state index is 0.689. The minimum absolute atomic E-state index is 0.689. The molecule has 0 aromatic heterocycles. The molecule has 1 aliphatic heterocycles. The molecule has 3 nitrogen and oxygen atoms in total. The second-order valence-corrected chi connectivity index (χ2v) is 5.33. The first kappa shape index (κ1) is 13.4. The zero-order valence-corrected chi connectivity index (χ0v) is 11.5. The SMILES string of the molecule is Cc1cccc(C)c1N1CCC(CCON)CC1. The van der Waals surface area contributed by atoms with Crippen molar-refractivity contribution in [3.8, 4) is 0 Å². The molecule has 1 aromatic carbocycles. The van der Waals surface area contributed by atoms with Gasteiger partial charge in [0.25, 0.3) is 0 Å². The molecule has 0 aliphatic carbocycles. The van der Waals surface area contributed by atoms with Gasteiger partial charge >= 0.3 is 0 Å². The number of aryl methyl sites for hydroxylation is 2. The van der Waals surface area contributed by atoms with Crippen LogP contribution in [-0.4, -0.2) is 19.7 Å². The molecule has 0 saturated carbocycles. The van der Waals surface area contributed by atoms with Gasteiger partial charge in [-0.2, -0.15) is 0 Å². The summed E-state index contributed by atoms with van der Waals surface area (Å²) in [4.78, 5) is 7.21. The van der Waals surface area contributed by atoms with Gasteiger partial charge in [-0.05, 0) is 50.2 Å². The number of hydrogen-bond acceptors (Lipinski definition) is 3. The molecule has 0 unspecified atom stereocenters. The highest BCUT2D eigenvalue weighted by Crippen LogP contribution is 2.29. The Morgan fingerprint density at radius 2 is 1.83 bits per heavy atom. The van der Waals surface area contributed by atoms with Gasteiger partial charge in [0, 0.05) is 18.8 Å². The summed E-state index contributed by atoms with van der Waals surface area (Å²) in [5, 5.41) is 0. The molecular weight excluding hydrogens is 224 g/mol. The first-order valence-electron chi connectivity index (χ1n) is 6.85. The summed E-state index contributed by atoms with van der Waals surface area (Å²) in [7, 11) is 0. The first-order chi connectivity index (χ1) is 8.72. The molecule has 3 heteroatoms. The summed E-state index contributed by atoms with van der Waals surface area (Å²) >= 11 is 0. The van der Waals surface area contributed by atoms with E-state index in [1.807, 2.05) is 0 Å². The molecule has 1 heterocycles. The van der Waals surface area contributed by atoms with Crippen molar-refractivity contribution in [2.45, 2.75) is 33.1 Å². The monoisotopic (exact) mass is 248 g/mol. The molecule has 0 spiro atoms. The third-order valence-corrected chi connectivity index (χ3v) is 4.01. The van der Waals surface area contributed by atoms with E-state index in [9.17, 15) is 0 Å². The Labute approximate surface area is 110 Å². The summed E-state index contributed by atoms with van der Waals surface area (Å²) in [5.41, 5.74) is 4.21. The van der Waals surface area contributed by atoms with Crippen molar-refractivity contribution in [1.29, 1.82) is 0 Å². The van der Waals surface area contributed by atoms with Crippen molar-refractivity contribution >= 4 is 5.69 Å². The average Bonchev–Trinajstić information content (AvgIpc) is 2.37. The second kappa shape index (κ2) is 6.21. The van der Waals surface area contributed by atoms with Crippen LogP contribution >= 0.6 is 0 Å². The third kappa shape index (κ3) is 3.03. The maximum absolute atomic E-state index is 5.09. The van der Waals surface area contributed by atoms with Crippen LogP contribution in [0.2, 0.25) is 0 Å². The molecule has 1 saturated heterocycles. The van der Waals surface area contributed by atoms with Gasteiger partial charge in [-0.3, -0.25) is 0 Å². The molecule has 0 amide bonds. The van der Waals surface area contributed by atoms with E-state index < -0.39 is 0 Å². The van der Waals surface area contributed by atoms with Crippen molar-refractivity contribution in [2.75, 3.05) is 24.6 Å². The number of anilines is 1. The number of benzene rings is 1. The van der Waals surface area contributed by atoms with Crippen molar-refractivity contribution in [3.05, 3.63) is 29.3 Å². The zero-order valence-electron chi connectivity index (χ0n) is 11.5. The van der Waals surface area contributed by atoms with E-state index in [4.69, 9.17) is 5.90 Å². The number of hydrogen-bond donors (Lipinski definition) is 1. The van der Waals surface area contributed by atoms with Crippen LogP contribution in [0.3, 0.4) is 0 Å². The fourth-order valence-corrected chi connectivity index (χ4v) is 2.98. The molecular formula is C15H24N2O. The average molecular weight is 248 g/mol. The maximum Gasteiger partial charge on any atom is 0.0681 e. The molecule has 1 fully saturated rings. The van der Waals surface area contributed by atoms with Crippen LogP contribution < -0.4 is 10.8 Å². The minimum Gasteiger partial charge on any atom is -0.371 e. The largest absolute Gasteiger partial charge is 0.371 e. The van der Waals surface area contributed by atoms with Crippen molar-refractivity contribution in [3.63, 3.8) is 0 Å².